The third-order valence-corrected chi connectivity index (χ3v) is 6.19. The molecule has 7 nitrogen and oxygen atoms in total. The second kappa shape index (κ2) is 10.5. The number of aliphatic imine (C=N–C) groups is 1. The highest BCUT2D eigenvalue weighted by atomic mass is 16.6. The number of carbonyl (C=O) groups is 2. The molecule has 0 amide bonds. The fraction of sp³-hybridized carbons (Fsp3) is 0.370. The van der Waals surface area contributed by atoms with E-state index in [2.05, 4.69) is 4.99 Å². The monoisotopic (exact) mass is 463 g/mol. The molecule has 0 spiro atoms. The summed E-state index contributed by atoms with van der Waals surface area (Å²) < 4.78 is 22.1. The Kier molecular flexibility index (Phi) is 7.30. The van der Waals surface area contributed by atoms with E-state index in [0.717, 1.165) is 24.1 Å². The molecule has 2 aliphatic rings. The molecule has 1 heterocycles. The number of methoxy groups -OCH3 is 2. The fourth-order valence-corrected chi connectivity index (χ4v) is 4.63. The molecule has 2 aromatic rings. The van der Waals surface area contributed by atoms with Gasteiger partial charge in [0.25, 0.3) is 0 Å². The Labute approximate surface area is 199 Å². The lowest BCUT2D eigenvalue weighted by Crippen LogP contribution is -2.37. The number of ketones is 1. The summed E-state index contributed by atoms with van der Waals surface area (Å²) in [6.07, 6.45) is 1.93. The van der Waals surface area contributed by atoms with Gasteiger partial charge in [-0.3, -0.25) is 14.6 Å². The molecular formula is C27H29NO6. The smallest absolute Gasteiger partial charge is 0.315 e. The average molecular weight is 464 g/mol. The predicted octanol–water partition coefficient (Wildman–Crippen LogP) is 4.51. The molecule has 0 N–H and O–H groups in total. The first kappa shape index (κ1) is 23.5. The summed E-state index contributed by atoms with van der Waals surface area (Å²) in [6.45, 7) is 2.14. The zero-order chi connectivity index (χ0) is 24.1. The van der Waals surface area contributed by atoms with Crippen LogP contribution in [0.25, 0.3) is 0 Å². The third kappa shape index (κ3) is 4.83. The minimum Gasteiger partial charge on any atom is -0.493 e. The van der Waals surface area contributed by atoms with E-state index in [-0.39, 0.29) is 19.0 Å². The van der Waals surface area contributed by atoms with Crippen LogP contribution in [0.3, 0.4) is 0 Å². The van der Waals surface area contributed by atoms with Gasteiger partial charge in [-0.2, -0.15) is 0 Å². The van der Waals surface area contributed by atoms with Gasteiger partial charge >= 0.3 is 5.97 Å². The van der Waals surface area contributed by atoms with Crippen LogP contribution in [0, 0.1) is 5.92 Å². The number of hydrogen-bond acceptors (Lipinski definition) is 7. The number of carbonyl (C=O) groups excluding carboxylic acids is 2. The van der Waals surface area contributed by atoms with Crippen molar-refractivity contribution in [2.45, 2.75) is 32.1 Å². The Balaban J connectivity index is 1.60. The second-order valence-corrected chi connectivity index (χ2v) is 8.29. The molecule has 0 bridgehead atoms. The van der Waals surface area contributed by atoms with Crippen molar-refractivity contribution in [2.24, 2.45) is 10.9 Å². The highest BCUT2D eigenvalue weighted by Gasteiger charge is 2.43. The van der Waals surface area contributed by atoms with Gasteiger partial charge in [-0.1, -0.05) is 24.3 Å². The lowest BCUT2D eigenvalue weighted by Gasteiger charge is -2.34. The molecular weight excluding hydrogens is 434 g/mol. The van der Waals surface area contributed by atoms with Crippen molar-refractivity contribution in [3.63, 3.8) is 0 Å². The van der Waals surface area contributed by atoms with Crippen molar-refractivity contribution in [3.8, 4) is 17.2 Å². The van der Waals surface area contributed by atoms with Crippen molar-refractivity contribution in [1.29, 1.82) is 0 Å². The first-order valence-corrected chi connectivity index (χ1v) is 11.4. The van der Waals surface area contributed by atoms with Crippen LogP contribution in [-0.4, -0.2) is 44.9 Å². The minimum atomic E-state index is -0.712. The zero-order valence-electron chi connectivity index (χ0n) is 19.7. The van der Waals surface area contributed by atoms with Crippen LogP contribution >= 0.6 is 0 Å². The summed E-state index contributed by atoms with van der Waals surface area (Å²) in [5.74, 6) is 0.214. The maximum Gasteiger partial charge on any atom is 0.315 e. The van der Waals surface area contributed by atoms with Crippen molar-refractivity contribution in [1.82, 2.24) is 0 Å². The molecule has 0 fully saturated rings. The van der Waals surface area contributed by atoms with Gasteiger partial charge in [-0.25, -0.2) is 0 Å². The molecule has 178 valence electrons. The van der Waals surface area contributed by atoms with E-state index in [9.17, 15) is 9.59 Å². The molecule has 4 rings (SSSR count). The van der Waals surface area contributed by atoms with Crippen LogP contribution < -0.4 is 14.2 Å². The van der Waals surface area contributed by atoms with Crippen LogP contribution in [0.1, 0.15) is 37.7 Å². The van der Waals surface area contributed by atoms with E-state index in [4.69, 9.17) is 18.9 Å². The van der Waals surface area contributed by atoms with Crippen LogP contribution in [0.15, 0.2) is 64.8 Å². The Morgan fingerprint density at radius 3 is 2.50 bits per heavy atom. The van der Waals surface area contributed by atoms with Crippen LogP contribution in [0.5, 0.6) is 17.2 Å². The normalized spacial score (nSPS) is 19.7. The molecule has 7 heteroatoms. The van der Waals surface area contributed by atoms with Crippen LogP contribution in [0.2, 0.25) is 0 Å². The van der Waals surface area contributed by atoms with Crippen molar-refractivity contribution >= 4 is 17.5 Å². The first-order valence-electron chi connectivity index (χ1n) is 11.4. The van der Waals surface area contributed by atoms with Gasteiger partial charge in [0.1, 0.15) is 24.9 Å². The Morgan fingerprint density at radius 2 is 1.76 bits per heavy atom. The molecule has 0 saturated carbocycles. The number of benzene rings is 2. The highest BCUT2D eigenvalue weighted by Crippen LogP contribution is 2.45. The van der Waals surface area contributed by atoms with Gasteiger partial charge in [0.2, 0.25) is 0 Å². The molecule has 0 saturated heterocycles. The molecule has 1 aliphatic carbocycles. The number of ether oxygens (including phenoxy) is 4. The number of nitrogens with zero attached hydrogens (tertiary/aromatic N) is 1. The standard InChI is InChI=1S/C27H29NO6/c1-17-24(27(30)34-15-14-33-19-8-5-4-6-9-19)25(26-20(28-17)10-7-11-21(26)29)18-12-13-22(31-2)23(16-18)32-3/h4-6,8-9,12-13,16,24-25H,7,10-11,14-15H2,1-3H3/t24?,25-/m0/s1. The molecule has 2 atom stereocenters. The topological polar surface area (TPSA) is 83.4 Å². The van der Waals surface area contributed by atoms with Gasteiger partial charge in [-0.15, -0.1) is 0 Å². The van der Waals surface area contributed by atoms with Gasteiger partial charge < -0.3 is 18.9 Å². The summed E-state index contributed by atoms with van der Waals surface area (Å²) in [6, 6.07) is 14.8. The van der Waals surface area contributed by atoms with Crippen LogP contribution in [0.4, 0.5) is 0 Å². The third-order valence-electron chi connectivity index (χ3n) is 6.19. The van der Waals surface area contributed by atoms with Gasteiger partial charge in [-0.05, 0) is 49.6 Å². The highest BCUT2D eigenvalue weighted by molar-refractivity contribution is 6.08. The van der Waals surface area contributed by atoms with Gasteiger partial charge in [0, 0.05) is 29.3 Å². The SMILES string of the molecule is COc1ccc([C@@H]2C3=C(CCCC3=O)N=C(C)C2C(=O)OCCOc2ccccc2)cc1OC. The molecule has 0 aromatic heterocycles. The summed E-state index contributed by atoms with van der Waals surface area (Å²) in [4.78, 5) is 31.0. The fourth-order valence-electron chi connectivity index (χ4n) is 4.63. The molecule has 2 aromatic carbocycles. The van der Waals surface area contributed by atoms with E-state index in [1.807, 2.05) is 49.4 Å². The zero-order valence-corrected chi connectivity index (χ0v) is 19.7. The van der Waals surface area contributed by atoms with Crippen molar-refractivity contribution in [2.75, 3.05) is 27.4 Å². The van der Waals surface area contributed by atoms with Crippen LogP contribution in [-0.2, 0) is 14.3 Å². The second-order valence-electron chi connectivity index (χ2n) is 8.29. The van der Waals surface area contributed by atoms with E-state index < -0.39 is 17.8 Å². The number of Topliss-reactive ketones (excluding diaryl/α,β-unsaturated/α-hetero) is 1. The number of para-hydroxylation sites is 1. The molecule has 0 radical (unpaired) electrons. The van der Waals surface area contributed by atoms with Gasteiger partial charge in [0.15, 0.2) is 17.3 Å². The predicted molar refractivity (Wildman–Crippen MR) is 128 cm³/mol. The van der Waals surface area contributed by atoms with Crippen molar-refractivity contribution in [3.05, 3.63) is 65.4 Å². The van der Waals surface area contributed by atoms with E-state index >= 15 is 0 Å². The Morgan fingerprint density at radius 1 is 1.00 bits per heavy atom. The molecule has 34 heavy (non-hydrogen) atoms. The minimum absolute atomic E-state index is 0.0301. The average Bonchev–Trinajstić information content (AvgIpc) is 2.86. The number of allylic oxidation sites excluding steroid dienone is 2. The van der Waals surface area contributed by atoms with E-state index in [1.165, 1.54) is 0 Å². The summed E-state index contributed by atoms with van der Waals surface area (Å²) >= 11 is 0. The lowest BCUT2D eigenvalue weighted by molar-refractivity contribution is -0.147. The summed E-state index contributed by atoms with van der Waals surface area (Å²) in [5, 5.41) is 0. The Hall–Kier alpha value is -3.61. The molecule has 1 aliphatic heterocycles. The van der Waals surface area contributed by atoms with Gasteiger partial charge in [0.05, 0.1) is 14.2 Å². The largest absolute Gasteiger partial charge is 0.493 e. The summed E-state index contributed by atoms with van der Waals surface area (Å²) in [7, 11) is 3.13. The quantitative estimate of drug-likeness (QED) is 0.423. The van der Waals surface area contributed by atoms with E-state index in [1.54, 1.807) is 20.3 Å². The van der Waals surface area contributed by atoms with Crippen molar-refractivity contribution < 1.29 is 28.5 Å². The maximum atomic E-state index is 13.3. The molecule has 1 unspecified atom stereocenters. The number of hydrogen-bond donors (Lipinski definition) is 0. The first-order chi connectivity index (χ1) is 16.5. The summed E-state index contributed by atoms with van der Waals surface area (Å²) in [5.41, 5.74) is 2.80. The maximum absolute atomic E-state index is 13.3. The van der Waals surface area contributed by atoms with E-state index in [0.29, 0.717) is 35.0 Å². The Bertz CT molecular complexity index is 1120. The number of esters is 1. The lowest BCUT2D eigenvalue weighted by atomic mass is 9.71. The number of rotatable bonds is 8.